The predicted molar refractivity (Wildman–Crippen MR) is 68.3 cm³/mol. The molecule has 0 aliphatic heterocycles. The molecule has 0 radical (unpaired) electrons. The third-order valence-electron chi connectivity index (χ3n) is 2.95. The van der Waals surface area contributed by atoms with E-state index in [4.69, 9.17) is 4.74 Å². The lowest BCUT2D eigenvalue weighted by atomic mass is 10.0. The van der Waals surface area contributed by atoms with E-state index in [9.17, 15) is 13.9 Å². The first-order valence-corrected chi connectivity index (χ1v) is 5.99. The number of aryl methyl sites for hydroxylation is 1. The summed E-state index contributed by atoms with van der Waals surface area (Å²) >= 11 is 0. The van der Waals surface area contributed by atoms with Crippen LogP contribution in [-0.2, 0) is 6.42 Å². The molecule has 0 aliphatic rings. The van der Waals surface area contributed by atoms with E-state index in [2.05, 4.69) is 9.97 Å². The molecule has 0 fully saturated rings. The van der Waals surface area contributed by atoms with Crippen LogP contribution in [0, 0.1) is 18.6 Å². The fourth-order valence-corrected chi connectivity index (χ4v) is 1.84. The summed E-state index contributed by atoms with van der Waals surface area (Å²) in [5.41, 5.74) is 0.827. The fourth-order valence-electron chi connectivity index (χ4n) is 1.84. The molecule has 0 saturated heterocycles. The Morgan fingerprint density at radius 2 is 1.95 bits per heavy atom. The van der Waals surface area contributed by atoms with Gasteiger partial charge in [0.2, 0.25) is 5.88 Å². The highest BCUT2D eigenvalue weighted by molar-refractivity contribution is 5.28. The van der Waals surface area contributed by atoms with Gasteiger partial charge in [-0.25, -0.2) is 18.7 Å². The second-order valence-corrected chi connectivity index (χ2v) is 4.39. The van der Waals surface area contributed by atoms with Crippen LogP contribution in [0.5, 0.6) is 5.88 Å². The van der Waals surface area contributed by atoms with Gasteiger partial charge in [0, 0.05) is 24.1 Å². The number of halogens is 2. The summed E-state index contributed by atoms with van der Waals surface area (Å²) in [5.74, 6) is -1.05. The normalized spacial score (nSPS) is 12.2. The van der Waals surface area contributed by atoms with Gasteiger partial charge in [0.25, 0.3) is 0 Å². The SMILES string of the molecule is COc1cc(CC(O)c2cc(C)c(F)cc2F)ncn1. The fraction of sp³-hybridized carbons (Fsp3) is 0.286. The molecule has 6 heteroatoms. The highest BCUT2D eigenvalue weighted by Crippen LogP contribution is 2.23. The van der Waals surface area contributed by atoms with Crippen molar-refractivity contribution in [2.45, 2.75) is 19.4 Å². The molecule has 1 N–H and O–H groups in total. The van der Waals surface area contributed by atoms with Crippen LogP contribution in [0.1, 0.15) is 22.9 Å². The monoisotopic (exact) mass is 280 g/mol. The number of aliphatic hydroxyl groups excluding tert-OH is 1. The Hall–Kier alpha value is -2.08. The molecule has 0 saturated carbocycles. The molecule has 2 aromatic rings. The smallest absolute Gasteiger partial charge is 0.216 e. The second kappa shape index (κ2) is 5.92. The molecule has 1 aromatic carbocycles. The Kier molecular flexibility index (Phi) is 4.24. The first kappa shape index (κ1) is 14.3. The Labute approximate surface area is 115 Å². The maximum Gasteiger partial charge on any atom is 0.216 e. The minimum atomic E-state index is -1.12. The van der Waals surface area contributed by atoms with E-state index in [1.807, 2.05) is 0 Å². The van der Waals surface area contributed by atoms with Gasteiger partial charge >= 0.3 is 0 Å². The van der Waals surface area contributed by atoms with E-state index in [1.165, 1.54) is 26.4 Å². The molecule has 1 unspecified atom stereocenters. The highest BCUT2D eigenvalue weighted by Gasteiger charge is 2.17. The van der Waals surface area contributed by atoms with E-state index in [-0.39, 0.29) is 17.5 Å². The quantitative estimate of drug-likeness (QED) is 0.934. The first-order valence-electron chi connectivity index (χ1n) is 5.99. The van der Waals surface area contributed by atoms with Crippen LogP contribution < -0.4 is 4.74 Å². The Morgan fingerprint density at radius 3 is 2.65 bits per heavy atom. The summed E-state index contributed by atoms with van der Waals surface area (Å²) in [4.78, 5) is 7.82. The van der Waals surface area contributed by atoms with Gasteiger partial charge in [0.1, 0.15) is 18.0 Å². The number of hydrogen-bond acceptors (Lipinski definition) is 4. The molecule has 0 spiro atoms. The van der Waals surface area contributed by atoms with Gasteiger partial charge in [-0.3, -0.25) is 0 Å². The minimum absolute atomic E-state index is 0.0430. The predicted octanol–water partition coefficient (Wildman–Crippen LogP) is 2.35. The van der Waals surface area contributed by atoms with Crippen molar-refractivity contribution in [3.8, 4) is 5.88 Å². The molecule has 0 bridgehead atoms. The van der Waals surface area contributed by atoms with Gasteiger partial charge < -0.3 is 9.84 Å². The van der Waals surface area contributed by atoms with Crippen LogP contribution in [0.2, 0.25) is 0 Å². The number of nitrogens with zero attached hydrogens (tertiary/aromatic N) is 2. The molecule has 20 heavy (non-hydrogen) atoms. The van der Waals surface area contributed by atoms with E-state index >= 15 is 0 Å². The second-order valence-electron chi connectivity index (χ2n) is 4.39. The summed E-state index contributed by atoms with van der Waals surface area (Å²) < 4.78 is 31.8. The topological polar surface area (TPSA) is 55.2 Å². The highest BCUT2D eigenvalue weighted by atomic mass is 19.1. The molecule has 0 amide bonds. The molecule has 1 atom stereocenters. The van der Waals surface area contributed by atoms with Crippen molar-refractivity contribution < 1.29 is 18.6 Å². The van der Waals surface area contributed by atoms with Gasteiger partial charge in [-0.05, 0) is 18.6 Å². The maximum atomic E-state index is 13.7. The molecule has 4 nitrogen and oxygen atoms in total. The Morgan fingerprint density at radius 1 is 1.20 bits per heavy atom. The lowest BCUT2D eigenvalue weighted by molar-refractivity contribution is 0.172. The third-order valence-corrected chi connectivity index (χ3v) is 2.95. The number of ether oxygens (including phenoxy) is 1. The summed E-state index contributed by atoms with van der Waals surface area (Å²) in [5, 5.41) is 10.1. The van der Waals surface area contributed by atoms with Crippen LogP contribution in [0.25, 0.3) is 0 Å². The van der Waals surface area contributed by atoms with E-state index in [1.54, 1.807) is 6.07 Å². The first-order chi connectivity index (χ1) is 9.51. The molecule has 1 heterocycles. The van der Waals surface area contributed by atoms with Crippen molar-refractivity contribution in [1.82, 2.24) is 9.97 Å². The number of aromatic nitrogens is 2. The van der Waals surface area contributed by atoms with Crippen LogP contribution >= 0.6 is 0 Å². The third kappa shape index (κ3) is 3.08. The average Bonchev–Trinajstić information content (AvgIpc) is 2.43. The zero-order valence-corrected chi connectivity index (χ0v) is 11.1. The Balaban J connectivity index is 2.23. The summed E-state index contributed by atoms with van der Waals surface area (Å²) in [6.45, 7) is 1.51. The zero-order chi connectivity index (χ0) is 14.7. The van der Waals surface area contributed by atoms with Crippen molar-refractivity contribution >= 4 is 0 Å². The van der Waals surface area contributed by atoms with Crippen LogP contribution in [0.4, 0.5) is 8.78 Å². The van der Waals surface area contributed by atoms with Crippen molar-refractivity contribution in [3.05, 3.63) is 53.0 Å². The van der Waals surface area contributed by atoms with Gasteiger partial charge in [0.15, 0.2) is 0 Å². The Bertz CT molecular complexity index is 620. The maximum absolute atomic E-state index is 13.7. The van der Waals surface area contributed by atoms with Gasteiger partial charge in [-0.15, -0.1) is 0 Å². The standard InChI is InChI=1S/C14H14F2N2O2/c1-8-3-10(12(16)6-11(8)15)13(19)4-9-5-14(20-2)18-7-17-9/h3,5-7,13,19H,4H2,1-2H3. The molecule has 1 aromatic heterocycles. The number of benzene rings is 1. The van der Waals surface area contributed by atoms with E-state index < -0.39 is 17.7 Å². The number of hydrogen-bond donors (Lipinski definition) is 1. The van der Waals surface area contributed by atoms with Crippen LogP contribution in [-0.4, -0.2) is 22.2 Å². The number of aliphatic hydroxyl groups is 1. The van der Waals surface area contributed by atoms with Gasteiger partial charge in [-0.1, -0.05) is 0 Å². The summed E-state index contributed by atoms with van der Waals surface area (Å²) in [6.07, 6.45) is 0.266. The van der Waals surface area contributed by atoms with Crippen molar-refractivity contribution in [3.63, 3.8) is 0 Å². The van der Waals surface area contributed by atoms with Crippen molar-refractivity contribution in [2.75, 3.05) is 7.11 Å². The van der Waals surface area contributed by atoms with E-state index in [0.29, 0.717) is 11.6 Å². The molecular weight excluding hydrogens is 266 g/mol. The largest absolute Gasteiger partial charge is 0.481 e. The van der Waals surface area contributed by atoms with E-state index in [0.717, 1.165) is 6.07 Å². The van der Waals surface area contributed by atoms with Crippen LogP contribution in [0.15, 0.2) is 24.5 Å². The summed E-state index contributed by atoms with van der Waals surface area (Å²) in [7, 11) is 1.46. The summed E-state index contributed by atoms with van der Waals surface area (Å²) in [6, 6.07) is 3.62. The van der Waals surface area contributed by atoms with Crippen molar-refractivity contribution in [1.29, 1.82) is 0 Å². The number of rotatable bonds is 4. The molecule has 0 aliphatic carbocycles. The molecule has 2 rings (SSSR count). The minimum Gasteiger partial charge on any atom is -0.481 e. The number of methoxy groups -OCH3 is 1. The lowest BCUT2D eigenvalue weighted by Gasteiger charge is -2.13. The van der Waals surface area contributed by atoms with Gasteiger partial charge in [-0.2, -0.15) is 0 Å². The zero-order valence-electron chi connectivity index (χ0n) is 11.1. The van der Waals surface area contributed by atoms with Crippen molar-refractivity contribution in [2.24, 2.45) is 0 Å². The van der Waals surface area contributed by atoms with Gasteiger partial charge in [0.05, 0.1) is 18.9 Å². The molecular formula is C14H14F2N2O2. The average molecular weight is 280 g/mol. The van der Waals surface area contributed by atoms with Crippen LogP contribution in [0.3, 0.4) is 0 Å². The lowest BCUT2D eigenvalue weighted by Crippen LogP contribution is -2.07. The molecule has 106 valence electrons.